The molecule has 2 N–H and O–H groups in total. The second-order valence-corrected chi connectivity index (χ2v) is 3.46. The van der Waals surface area contributed by atoms with Gasteiger partial charge in [0.05, 0.1) is 11.6 Å². The molecule has 0 fully saturated rings. The summed E-state index contributed by atoms with van der Waals surface area (Å²) in [6, 6.07) is 9.28. The van der Waals surface area contributed by atoms with Crippen LogP contribution in [0.5, 0.6) is 0 Å². The van der Waals surface area contributed by atoms with E-state index in [0.29, 0.717) is 6.42 Å². The van der Waals surface area contributed by atoms with Gasteiger partial charge in [-0.2, -0.15) is 0 Å². The molecule has 1 radical (unpaired) electrons. The van der Waals surface area contributed by atoms with Crippen molar-refractivity contribution in [2.75, 3.05) is 0 Å². The van der Waals surface area contributed by atoms with E-state index in [4.69, 9.17) is 5.73 Å². The molecule has 0 saturated heterocycles. The molecule has 0 amide bonds. The lowest BCUT2D eigenvalue weighted by molar-refractivity contribution is 0.541. The number of nitrogens with two attached hydrogens (primary N) is 1. The summed E-state index contributed by atoms with van der Waals surface area (Å²) in [6.07, 6.45) is 4.00. The Balaban J connectivity index is 2.34. The van der Waals surface area contributed by atoms with Crippen LogP contribution < -0.4 is 5.73 Å². The Morgan fingerprint density at radius 1 is 1.40 bits per heavy atom. The Bertz CT molecular complexity index is 482. The van der Waals surface area contributed by atoms with Crippen molar-refractivity contribution in [1.82, 2.24) is 4.98 Å². The Hall–Kier alpha value is -1.74. The zero-order valence-electron chi connectivity index (χ0n) is 8.18. The highest BCUT2D eigenvalue weighted by Crippen LogP contribution is 2.13. The fourth-order valence-corrected chi connectivity index (χ4v) is 1.52. The Morgan fingerprint density at radius 2 is 2.20 bits per heavy atom. The van der Waals surface area contributed by atoms with Crippen molar-refractivity contribution in [1.29, 1.82) is 0 Å². The van der Waals surface area contributed by atoms with Gasteiger partial charge in [-0.05, 0) is 24.1 Å². The number of hydrogen-bond donors (Lipinski definition) is 1. The fraction of sp³-hybridized carbons (Fsp3) is 0.167. The number of benzene rings is 1. The van der Waals surface area contributed by atoms with Gasteiger partial charge in [-0.3, -0.25) is 9.78 Å². The number of nitrogens with zero attached hydrogens (tertiary/aromatic N) is 1. The first kappa shape index (κ1) is 9.80. The SMILES string of the molecule is N[C@@H]([C]=O)Cc1cnc2ccccc2c1. The van der Waals surface area contributed by atoms with E-state index in [0.717, 1.165) is 16.5 Å². The number of carbonyl (C=O) groups excluding carboxylic acids is 1. The summed E-state index contributed by atoms with van der Waals surface area (Å²) >= 11 is 0. The predicted octanol–water partition coefficient (Wildman–Crippen LogP) is 1.21. The van der Waals surface area contributed by atoms with E-state index in [1.165, 1.54) is 0 Å². The van der Waals surface area contributed by atoms with E-state index in [9.17, 15) is 4.79 Å². The number of aromatic nitrogens is 1. The maximum atomic E-state index is 10.3. The number of fused-ring (bicyclic) bond motifs is 1. The van der Waals surface area contributed by atoms with Crippen molar-refractivity contribution in [2.45, 2.75) is 12.5 Å². The highest BCUT2D eigenvalue weighted by Gasteiger charge is 2.04. The molecule has 0 unspecified atom stereocenters. The van der Waals surface area contributed by atoms with Crippen LogP contribution in [0.2, 0.25) is 0 Å². The average molecular weight is 199 g/mol. The van der Waals surface area contributed by atoms with Gasteiger partial charge in [0.2, 0.25) is 6.29 Å². The van der Waals surface area contributed by atoms with E-state index >= 15 is 0 Å². The number of rotatable bonds is 3. The second-order valence-electron chi connectivity index (χ2n) is 3.46. The van der Waals surface area contributed by atoms with E-state index in [1.807, 2.05) is 30.3 Å². The minimum atomic E-state index is -0.562. The first-order valence-electron chi connectivity index (χ1n) is 4.76. The lowest BCUT2D eigenvalue weighted by Crippen LogP contribution is -2.24. The molecular weight excluding hydrogens is 188 g/mol. The van der Waals surface area contributed by atoms with Crippen molar-refractivity contribution < 1.29 is 4.79 Å². The van der Waals surface area contributed by atoms with E-state index in [-0.39, 0.29) is 0 Å². The molecule has 15 heavy (non-hydrogen) atoms. The molecule has 0 saturated carbocycles. The molecule has 3 heteroatoms. The molecule has 1 heterocycles. The van der Waals surface area contributed by atoms with Gasteiger partial charge in [0.15, 0.2) is 0 Å². The van der Waals surface area contributed by atoms with Crippen molar-refractivity contribution >= 4 is 17.2 Å². The first-order valence-corrected chi connectivity index (χ1v) is 4.76. The molecule has 1 aromatic heterocycles. The van der Waals surface area contributed by atoms with Crippen molar-refractivity contribution in [3.63, 3.8) is 0 Å². The zero-order chi connectivity index (χ0) is 10.7. The van der Waals surface area contributed by atoms with Crippen LogP contribution >= 0.6 is 0 Å². The smallest absolute Gasteiger partial charge is 0.217 e. The van der Waals surface area contributed by atoms with Gasteiger partial charge in [0, 0.05) is 11.6 Å². The van der Waals surface area contributed by atoms with Crippen LogP contribution in [0, 0.1) is 0 Å². The van der Waals surface area contributed by atoms with Crippen LogP contribution in [-0.4, -0.2) is 17.3 Å². The second kappa shape index (κ2) is 4.19. The largest absolute Gasteiger partial charge is 0.321 e. The predicted molar refractivity (Wildman–Crippen MR) is 59.1 cm³/mol. The molecule has 0 aliphatic heterocycles. The maximum Gasteiger partial charge on any atom is 0.217 e. The van der Waals surface area contributed by atoms with Gasteiger partial charge < -0.3 is 5.73 Å². The minimum absolute atomic E-state index is 0.487. The van der Waals surface area contributed by atoms with Crippen molar-refractivity contribution in [3.8, 4) is 0 Å². The molecule has 0 bridgehead atoms. The Labute approximate surface area is 87.9 Å². The van der Waals surface area contributed by atoms with Crippen LogP contribution in [-0.2, 0) is 11.2 Å². The minimum Gasteiger partial charge on any atom is -0.321 e. The van der Waals surface area contributed by atoms with Gasteiger partial charge >= 0.3 is 0 Å². The molecule has 1 aromatic carbocycles. The standard InChI is InChI=1S/C12H11N2O/c13-11(8-15)6-9-5-10-3-1-2-4-12(10)14-7-9/h1-5,7,11H,6,13H2/t11-/m1/s1. The summed E-state index contributed by atoms with van der Waals surface area (Å²) in [6.45, 7) is 0. The molecule has 3 nitrogen and oxygen atoms in total. The average Bonchev–Trinajstić information content (AvgIpc) is 2.29. The molecule has 2 aromatic rings. The Morgan fingerprint density at radius 3 is 3.00 bits per heavy atom. The third kappa shape index (κ3) is 2.19. The molecule has 0 aliphatic carbocycles. The summed E-state index contributed by atoms with van der Waals surface area (Å²) in [7, 11) is 0. The lowest BCUT2D eigenvalue weighted by atomic mass is 10.1. The van der Waals surface area contributed by atoms with Crippen LogP contribution in [0.25, 0.3) is 10.9 Å². The van der Waals surface area contributed by atoms with Crippen LogP contribution in [0.3, 0.4) is 0 Å². The molecule has 75 valence electrons. The van der Waals surface area contributed by atoms with Gasteiger partial charge in [-0.1, -0.05) is 18.2 Å². The van der Waals surface area contributed by atoms with E-state index < -0.39 is 6.04 Å². The van der Waals surface area contributed by atoms with Crippen LogP contribution in [0.1, 0.15) is 5.56 Å². The number of pyridine rings is 1. The topological polar surface area (TPSA) is 56.0 Å². The van der Waals surface area contributed by atoms with Gasteiger partial charge in [-0.25, -0.2) is 0 Å². The zero-order valence-corrected chi connectivity index (χ0v) is 8.18. The normalized spacial score (nSPS) is 12.6. The Kier molecular flexibility index (Phi) is 2.74. The van der Waals surface area contributed by atoms with Crippen LogP contribution in [0.4, 0.5) is 0 Å². The summed E-state index contributed by atoms with van der Waals surface area (Å²) < 4.78 is 0. The summed E-state index contributed by atoms with van der Waals surface area (Å²) in [5.74, 6) is 0. The highest BCUT2D eigenvalue weighted by molar-refractivity contribution is 5.78. The lowest BCUT2D eigenvalue weighted by Gasteiger charge is -2.04. The molecule has 2 rings (SSSR count). The fourth-order valence-electron chi connectivity index (χ4n) is 1.52. The highest BCUT2D eigenvalue weighted by atomic mass is 16.1. The summed E-state index contributed by atoms with van der Waals surface area (Å²) in [5, 5.41) is 1.06. The summed E-state index contributed by atoms with van der Waals surface area (Å²) in [5.41, 5.74) is 7.41. The third-order valence-electron chi connectivity index (χ3n) is 2.25. The monoisotopic (exact) mass is 199 g/mol. The van der Waals surface area contributed by atoms with E-state index in [1.54, 1.807) is 12.5 Å². The molecule has 0 aliphatic rings. The van der Waals surface area contributed by atoms with Crippen molar-refractivity contribution in [2.24, 2.45) is 5.73 Å². The summed E-state index contributed by atoms with van der Waals surface area (Å²) in [4.78, 5) is 14.6. The van der Waals surface area contributed by atoms with Gasteiger partial charge in [0.25, 0.3) is 0 Å². The number of hydrogen-bond acceptors (Lipinski definition) is 3. The van der Waals surface area contributed by atoms with Gasteiger partial charge in [0.1, 0.15) is 0 Å². The first-order chi connectivity index (χ1) is 7.29. The van der Waals surface area contributed by atoms with Crippen LogP contribution in [0.15, 0.2) is 36.5 Å². The molecule has 0 spiro atoms. The van der Waals surface area contributed by atoms with E-state index in [2.05, 4.69) is 4.98 Å². The molecular formula is C12H11N2O. The maximum absolute atomic E-state index is 10.3. The van der Waals surface area contributed by atoms with Crippen molar-refractivity contribution in [3.05, 3.63) is 42.1 Å². The van der Waals surface area contributed by atoms with Gasteiger partial charge in [-0.15, -0.1) is 0 Å². The molecule has 1 atom stereocenters. The number of para-hydroxylation sites is 1. The third-order valence-corrected chi connectivity index (χ3v) is 2.25. The quantitative estimate of drug-likeness (QED) is 0.808.